The van der Waals surface area contributed by atoms with Gasteiger partial charge in [0.2, 0.25) is 0 Å². The van der Waals surface area contributed by atoms with Crippen molar-refractivity contribution in [2.45, 2.75) is 38.7 Å². The zero-order valence-corrected chi connectivity index (χ0v) is 20.0. The van der Waals surface area contributed by atoms with Crippen LogP contribution in [0.4, 0.5) is 5.82 Å². The van der Waals surface area contributed by atoms with Gasteiger partial charge in [0.05, 0.1) is 35.6 Å². The topological polar surface area (TPSA) is 117 Å². The first kappa shape index (κ1) is 24.1. The van der Waals surface area contributed by atoms with Crippen LogP contribution in [0.5, 0.6) is 0 Å². The first-order valence-corrected chi connectivity index (χ1v) is 12.1. The van der Waals surface area contributed by atoms with E-state index in [2.05, 4.69) is 19.2 Å². The molecule has 180 valence electrons. The van der Waals surface area contributed by atoms with E-state index in [4.69, 9.17) is 19.8 Å². The maximum absolute atomic E-state index is 13.3. The third-order valence-electron chi connectivity index (χ3n) is 5.73. The van der Waals surface area contributed by atoms with Crippen LogP contribution in [0, 0.1) is 0 Å². The average molecular weight is 485 g/mol. The number of hydrogen-bond donors (Lipinski definition) is 2. The van der Waals surface area contributed by atoms with Gasteiger partial charge in [-0.2, -0.15) is 0 Å². The molecule has 0 spiro atoms. The van der Waals surface area contributed by atoms with Crippen molar-refractivity contribution in [1.29, 1.82) is 0 Å². The van der Waals surface area contributed by atoms with Gasteiger partial charge in [0.1, 0.15) is 11.5 Å². The second-order valence-corrected chi connectivity index (χ2v) is 9.47. The highest BCUT2D eigenvalue weighted by atomic mass is 32.1. The highest BCUT2D eigenvalue weighted by molar-refractivity contribution is 7.09. The van der Waals surface area contributed by atoms with Crippen LogP contribution in [-0.4, -0.2) is 63.0 Å². The van der Waals surface area contributed by atoms with Crippen molar-refractivity contribution in [3.8, 4) is 0 Å². The number of aryl methyl sites for hydroxylation is 2. The second-order valence-electron chi connectivity index (χ2n) is 8.53. The molecule has 10 heteroatoms. The normalized spacial score (nSPS) is 16.7. The molecular weight excluding hydrogens is 456 g/mol. The van der Waals surface area contributed by atoms with Gasteiger partial charge in [0.25, 0.3) is 5.56 Å². The molecule has 0 aromatic carbocycles. The summed E-state index contributed by atoms with van der Waals surface area (Å²) in [5.74, 6) is -0.359. The maximum Gasteiger partial charge on any atom is 0.328 e. The number of nitrogens with zero attached hydrogens (tertiary/aromatic N) is 4. The van der Waals surface area contributed by atoms with Crippen LogP contribution in [0.1, 0.15) is 41.6 Å². The number of aromatic nitrogens is 3. The number of morpholine rings is 1. The molecule has 0 saturated carbocycles. The Labute approximate surface area is 201 Å². The Kier molecular flexibility index (Phi) is 7.40. The van der Waals surface area contributed by atoms with Crippen molar-refractivity contribution in [3.63, 3.8) is 0 Å². The van der Waals surface area contributed by atoms with Gasteiger partial charge in [-0.15, -0.1) is 11.3 Å². The number of anilines is 1. The van der Waals surface area contributed by atoms with Gasteiger partial charge in [0, 0.05) is 37.2 Å². The molecular formula is C24H28N4O5S. The lowest BCUT2D eigenvalue weighted by atomic mass is 10.1. The average Bonchev–Trinajstić information content (AvgIpc) is 3.31. The monoisotopic (exact) mass is 484 g/mol. The van der Waals surface area contributed by atoms with Crippen LogP contribution in [0.2, 0.25) is 0 Å². The molecule has 1 atom stereocenters. The molecule has 0 radical (unpaired) electrons. The molecule has 0 amide bonds. The van der Waals surface area contributed by atoms with Crippen molar-refractivity contribution < 1.29 is 19.7 Å². The quantitative estimate of drug-likeness (QED) is 0.468. The third kappa shape index (κ3) is 5.35. The lowest BCUT2D eigenvalue weighted by Gasteiger charge is -2.33. The van der Waals surface area contributed by atoms with Crippen LogP contribution in [-0.2, 0) is 22.4 Å². The van der Waals surface area contributed by atoms with Gasteiger partial charge in [-0.25, -0.2) is 14.8 Å². The van der Waals surface area contributed by atoms with Gasteiger partial charge in [-0.3, -0.25) is 9.20 Å². The number of rotatable bonds is 8. The Morgan fingerprint density at radius 1 is 1.35 bits per heavy atom. The van der Waals surface area contributed by atoms with Crippen LogP contribution >= 0.6 is 11.3 Å². The second kappa shape index (κ2) is 10.5. The molecule has 1 aliphatic rings. The van der Waals surface area contributed by atoms with Crippen LogP contribution < -0.4 is 10.5 Å². The number of ether oxygens (including phenoxy) is 1. The summed E-state index contributed by atoms with van der Waals surface area (Å²) in [6, 6.07) is 3.77. The molecule has 1 aliphatic heterocycles. The Bertz CT molecular complexity index is 1270. The van der Waals surface area contributed by atoms with E-state index in [9.17, 15) is 14.7 Å². The van der Waals surface area contributed by atoms with E-state index in [1.807, 2.05) is 17.0 Å². The predicted octanol–water partition coefficient (Wildman–Crippen LogP) is 2.35. The number of thiazole rings is 1. The first-order chi connectivity index (χ1) is 16.4. The van der Waals surface area contributed by atoms with E-state index in [-0.39, 0.29) is 17.7 Å². The van der Waals surface area contributed by atoms with Crippen molar-refractivity contribution >= 4 is 34.8 Å². The van der Waals surface area contributed by atoms with Gasteiger partial charge in [-0.1, -0.05) is 13.8 Å². The summed E-state index contributed by atoms with van der Waals surface area (Å²) >= 11 is 1.66. The number of aliphatic hydroxyl groups excluding tert-OH is 1. The van der Waals surface area contributed by atoms with Crippen LogP contribution in [0.25, 0.3) is 11.7 Å². The molecule has 1 fully saturated rings. The molecule has 1 saturated heterocycles. The molecule has 9 nitrogen and oxygen atoms in total. The highest BCUT2D eigenvalue weighted by Gasteiger charge is 2.24. The summed E-state index contributed by atoms with van der Waals surface area (Å²) in [6.45, 7) is 5.31. The number of pyridine rings is 1. The molecule has 3 aromatic rings. The Balaban J connectivity index is 1.68. The molecule has 0 aliphatic carbocycles. The summed E-state index contributed by atoms with van der Waals surface area (Å²) in [5.41, 5.74) is 2.46. The number of aliphatic hydroxyl groups is 1. The minimum Gasteiger partial charge on any atom is -0.478 e. The smallest absolute Gasteiger partial charge is 0.328 e. The molecule has 3 aromatic heterocycles. The van der Waals surface area contributed by atoms with Gasteiger partial charge >= 0.3 is 5.97 Å². The minimum absolute atomic E-state index is 0.150. The summed E-state index contributed by atoms with van der Waals surface area (Å²) in [5, 5.41) is 21.8. The number of aliphatic carboxylic acids is 1. The van der Waals surface area contributed by atoms with E-state index in [1.54, 1.807) is 17.5 Å². The zero-order chi connectivity index (χ0) is 24.2. The van der Waals surface area contributed by atoms with Gasteiger partial charge < -0.3 is 19.8 Å². The maximum atomic E-state index is 13.3. The fourth-order valence-corrected chi connectivity index (χ4v) is 4.82. The van der Waals surface area contributed by atoms with Gasteiger partial charge in [0.15, 0.2) is 0 Å². The summed E-state index contributed by atoms with van der Waals surface area (Å²) in [6.07, 6.45) is 5.06. The van der Waals surface area contributed by atoms with Gasteiger partial charge in [-0.05, 0) is 36.1 Å². The number of carbonyl (C=O) groups is 1. The third-order valence-corrected chi connectivity index (χ3v) is 6.66. The summed E-state index contributed by atoms with van der Waals surface area (Å²) in [4.78, 5) is 35.7. The van der Waals surface area contributed by atoms with E-state index in [0.29, 0.717) is 37.1 Å². The number of carboxylic acids is 1. The summed E-state index contributed by atoms with van der Waals surface area (Å²) in [7, 11) is 0. The van der Waals surface area contributed by atoms with Crippen LogP contribution in [0.3, 0.4) is 0 Å². The van der Waals surface area contributed by atoms with Crippen molar-refractivity contribution in [3.05, 3.63) is 62.0 Å². The van der Waals surface area contributed by atoms with Crippen molar-refractivity contribution in [1.82, 2.24) is 14.4 Å². The molecule has 4 rings (SSSR count). The number of carboxylic acid groups (broad SMARTS) is 1. The molecule has 2 N–H and O–H groups in total. The van der Waals surface area contributed by atoms with E-state index < -0.39 is 12.1 Å². The Morgan fingerprint density at radius 2 is 2.18 bits per heavy atom. The fourth-order valence-electron chi connectivity index (χ4n) is 3.86. The molecule has 34 heavy (non-hydrogen) atoms. The largest absolute Gasteiger partial charge is 0.478 e. The standard InChI is InChI=1S/C24H28N4O5S/c1-15(2)19-14-34-21(25-19)5-3-16-7-8-28-20(11-16)26-23(18(24(28)32)4-6-22(30)31)27-9-10-33-17(12-27)13-29/h4,6-8,11,14-15,17,29H,3,5,9-10,12-13H2,1-2H3,(H,30,31)/b6-4+. The molecule has 4 heterocycles. The number of fused-ring (bicyclic) bond motifs is 1. The molecule has 0 bridgehead atoms. The number of hydrogen-bond acceptors (Lipinski definition) is 8. The van der Waals surface area contributed by atoms with E-state index >= 15 is 0 Å². The Hall–Kier alpha value is -3.08. The lowest BCUT2D eigenvalue weighted by Crippen LogP contribution is -2.45. The fraction of sp³-hybridized carbons (Fsp3) is 0.417. The van der Waals surface area contributed by atoms with Crippen LogP contribution in [0.15, 0.2) is 34.6 Å². The minimum atomic E-state index is -1.15. The first-order valence-electron chi connectivity index (χ1n) is 11.2. The predicted molar refractivity (Wildman–Crippen MR) is 131 cm³/mol. The zero-order valence-electron chi connectivity index (χ0n) is 19.2. The molecule has 1 unspecified atom stereocenters. The van der Waals surface area contributed by atoms with Crippen molar-refractivity contribution in [2.24, 2.45) is 0 Å². The lowest BCUT2D eigenvalue weighted by molar-refractivity contribution is -0.131. The highest BCUT2D eigenvalue weighted by Crippen LogP contribution is 2.22. The Morgan fingerprint density at radius 3 is 2.88 bits per heavy atom. The van der Waals surface area contributed by atoms with E-state index in [1.165, 1.54) is 10.5 Å². The SMILES string of the molecule is CC(C)c1csc(CCc2ccn3c(=O)c(/C=C/C(=O)O)c(N4CCOC(CO)C4)nc3c2)n1. The van der Waals surface area contributed by atoms with Crippen molar-refractivity contribution in [2.75, 3.05) is 31.2 Å². The summed E-state index contributed by atoms with van der Waals surface area (Å²) < 4.78 is 6.95. The van der Waals surface area contributed by atoms with E-state index in [0.717, 1.165) is 35.2 Å².